The number of aldehydes is 1. The summed E-state index contributed by atoms with van der Waals surface area (Å²) in [5.41, 5.74) is 0. The molecule has 0 atom stereocenters. The van der Waals surface area contributed by atoms with Gasteiger partial charge in [0.05, 0.1) is 4.75 Å². The van der Waals surface area contributed by atoms with Gasteiger partial charge in [-0.15, -0.1) is 0 Å². The van der Waals surface area contributed by atoms with Gasteiger partial charge in [-0.25, -0.2) is 0 Å². The maximum atomic E-state index is 10.5. The molecule has 1 rings (SSSR count). The van der Waals surface area contributed by atoms with Crippen LogP contribution in [0.15, 0.2) is 0 Å². The monoisotopic (exact) mass is 144 g/mol. The van der Waals surface area contributed by atoms with Gasteiger partial charge in [-0.05, 0) is 19.1 Å². The molecule has 0 radical (unpaired) electrons. The number of carbonyl (C=O) groups excluding carboxylic acids is 1. The molecule has 0 aromatic carbocycles. The van der Waals surface area contributed by atoms with Gasteiger partial charge < -0.3 is 4.79 Å². The molecular formula is C7H12OS. The smallest absolute Gasteiger partial charge is 0.136 e. The van der Waals surface area contributed by atoms with E-state index in [0.717, 1.165) is 19.1 Å². The van der Waals surface area contributed by atoms with Crippen LogP contribution in [0.2, 0.25) is 0 Å². The average molecular weight is 144 g/mol. The van der Waals surface area contributed by atoms with E-state index >= 15 is 0 Å². The van der Waals surface area contributed by atoms with Crippen LogP contribution in [-0.2, 0) is 4.79 Å². The maximum Gasteiger partial charge on any atom is 0.136 e. The van der Waals surface area contributed by atoms with Crippen molar-refractivity contribution in [2.75, 3.05) is 6.26 Å². The number of hydrogen-bond acceptors (Lipinski definition) is 2. The molecule has 0 N–H and O–H groups in total. The van der Waals surface area contributed by atoms with Gasteiger partial charge in [-0.1, -0.05) is 12.8 Å². The van der Waals surface area contributed by atoms with E-state index in [1.54, 1.807) is 11.8 Å². The van der Waals surface area contributed by atoms with Crippen LogP contribution in [0.4, 0.5) is 0 Å². The van der Waals surface area contributed by atoms with Crippen LogP contribution in [0.1, 0.15) is 25.7 Å². The number of carbonyl (C=O) groups is 1. The molecule has 0 aliphatic heterocycles. The molecule has 1 aliphatic carbocycles. The summed E-state index contributed by atoms with van der Waals surface area (Å²) in [6.45, 7) is 0. The summed E-state index contributed by atoms with van der Waals surface area (Å²) in [6.07, 6.45) is 7.82. The molecule has 0 bridgehead atoms. The van der Waals surface area contributed by atoms with Crippen LogP contribution in [0.5, 0.6) is 0 Å². The quantitative estimate of drug-likeness (QED) is 0.550. The van der Waals surface area contributed by atoms with Crippen molar-refractivity contribution in [3.05, 3.63) is 0 Å². The predicted molar refractivity (Wildman–Crippen MR) is 40.8 cm³/mol. The Balaban J connectivity index is 2.55. The van der Waals surface area contributed by atoms with Crippen molar-refractivity contribution in [3.63, 3.8) is 0 Å². The molecule has 0 spiro atoms. The van der Waals surface area contributed by atoms with E-state index in [2.05, 4.69) is 0 Å². The van der Waals surface area contributed by atoms with Crippen LogP contribution in [-0.4, -0.2) is 17.3 Å². The first-order valence-electron chi connectivity index (χ1n) is 3.34. The first-order valence-corrected chi connectivity index (χ1v) is 4.57. The second-order valence-electron chi connectivity index (χ2n) is 2.59. The molecule has 2 heteroatoms. The highest BCUT2D eigenvalue weighted by molar-refractivity contribution is 8.00. The number of hydrogen-bond donors (Lipinski definition) is 0. The molecule has 0 aromatic rings. The second kappa shape index (κ2) is 2.74. The van der Waals surface area contributed by atoms with E-state index in [0.29, 0.717) is 0 Å². The Labute approximate surface area is 60.2 Å². The average Bonchev–Trinajstić information content (AvgIpc) is 2.36. The molecule has 0 saturated heterocycles. The lowest BCUT2D eigenvalue weighted by Gasteiger charge is -2.17. The Morgan fingerprint density at radius 2 is 2.00 bits per heavy atom. The predicted octanol–water partition coefficient (Wildman–Crippen LogP) is 1.86. The summed E-state index contributed by atoms with van der Waals surface area (Å²) >= 11 is 1.71. The van der Waals surface area contributed by atoms with Crippen molar-refractivity contribution in [2.24, 2.45) is 0 Å². The fraction of sp³-hybridized carbons (Fsp3) is 0.857. The van der Waals surface area contributed by atoms with Crippen LogP contribution in [0, 0.1) is 0 Å². The van der Waals surface area contributed by atoms with Crippen molar-refractivity contribution in [1.29, 1.82) is 0 Å². The summed E-state index contributed by atoms with van der Waals surface area (Å²) in [5.74, 6) is 0. The standard InChI is InChI=1S/C7H12OS/c1-9-7(6-8)4-2-3-5-7/h6H,2-5H2,1H3. The highest BCUT2D eigenvalue weighted by Crippen LogP contribution is 2.37. The Morgan fingerprint density at radius 1 is 1.44 bits per heavy atom. The molecule has 1 fully saturated rings. The lowest BCUT2D eigenvalue weighted by Crippen LogP contribution is -2.20. The third-order valence-corrected chi connectivity index (χ3v) is 3.39. The van der Waals surface area contributed by atoms with Gasteiger partial charge in [0, 0.05) is 0 Å². The summed E-state index contributed by atoms with van der Waals surface area (Å²) in [4.78, 5) is 10.5. The number of thioether (sulfide) groups is 1. The highest BCUT2D eigenvalue weighted by Gasteiger charge is 2.31. The van der Waals surface area contributed by atoms with Crippen molar-refractivity contribution in [1.82, 2.24) is 0 Å². The maximum absolute atomic E-state index is 10.5. The fourth-order valence-electron chi connectivity index (χ4n) is 1.34. The molecule has 0 amide bonds. The van der Waals surface area contributed by atoms with E-state index < -0.39 is 0 Å². The van der Waals surface area contributed by atoms with Gasteiger partial charge in [0.2, 0.25) is 0 Å². The molecule has 0 unspecified atom stereocenters. The normalized spacial score (nSPS) is 24.1. The van der Waals surface area contributed by atoms with E-state index in [1.807, 2.05) is 6.26 Å². The lowest BCUT2D eigenvalue weighted by molar-refractivity contribution is -0.109. The molecule has 0 heterocycles. The first kappa shape index (κ1) is 7.13. The van der Waals surface area contributed by atoms with Crippen LogP contribution in [0.3, 0.4) is 0 Å². The van der Waals surface area contributed by atoms with Crippen LogP contribution < -0.4 is 0 Å². The van der Waals surface area contributed by atoms with Gasteiger partial charge >= 0.3 is 0 Å². The second-order valence-corrected chi connectivity index (χ2v) is 3.82. The molecule has 9 heavy (non-hydrogen) atoms. The fourth-order valence-corrected chi connectivity index (χ4v) is 2.14. The summed E-state index contributed by atoms with van der Waals surface area (Å²) in [5, 5.41) is 0. The topological polar surface area (TPSA) is 17.1 Å². The molecular weight excluding hydrogens is 132 g/mol. The Hall–Kier alpha value is 0.0200. The first-order chi connectivity index (χ1) is 4.33. The minimum atomic E-state index is 0.0139. The van der Waals surface area contributed by atoms with Crippen molar-refractivity contribution >= 4 is 18.0 Å². The van der Waals surface area contributed by atoms with Crippen molar-refractivity contribution in [3.8, 4) is 0 Å². The minimum absolute atomic E-state index is 0.0139. The van der Waals surface area contributed by atoms with Crippen molar-refractivity contribution < 1.29 is 4.79 Å². The highest BCUT2D eigenvalue weighted by atomic mass is 32.2. The van der Waals surface area contributed by atoms with Gasteiger partial charge in [-0.3, -0.25) is 0 Å². The van der Waals surface area contributed by atoms with Gasteiger partial charge in [-0.2, -0.15) is 11.8 Å². The third-order valence-electron chi connectivity index (χ3n) is 2.07. The van der Waals surface area contributed by atoms with E-state index in [-0.39, 0.29) is 4.75 Å². The summed E-state index contributed by atoms with van der Waals surface area (Å²) in [6, 6.07) is 0. The lowest BCUT2D eigenvalue weighted by atomic mass is 10.1. The number of rotatable bonds is 2. The van der Waals surface area contributed by atoms with Gasteiger partial charge in [0.25, 0.3) is 0 Å². The largest absolute Gasteiger partial charge is 0.302 e. The molecule has 1 saturated carbocycles. The van der Waals surface area contributed by atoms with Crippen LogP contribution in [0.25, 0.3) is 0 Å². The molecule has 0 aromatic heterocycles. The summed E-state index contributed by atoms with van der Waals surface area (Å²) < 4.78 is 0.0139. The Morgan fingerprint density at radius 3 is 2.22 bits per heavy atom. The molecule has 52 valence electrons. The van der Waals surface area contributed by atoms with Gasteiger partial charge in [0.15, 0.2) is 0 Å². The zero-order chi connectivity index (χ0) is 6.74. The third kappa shape index (κ3) is 1.29. The Kier molecular flexibility index (Phi) is 2.17. The van der Waals surface area contributed by atoms with Crippen LogP contribution >= 0.6 is 11.8 Å². The van der Waals surface area contributed by atoms with Crippen molar-refractivity contribution in [2.45, 2.75) is 30.4 Å². The zero-order valence-electron chi connectivity index (χ0n) is 5.72. The molecule has 1 aliphatic rings. The Bertz CT molecular complexity index is 105. The molecule has 1 nitrogen and oxygen atoms in total. The van der Waals surface area contributed by atoms with E-state index in [1.165, 1.54) is 12.8 Å². The van der Waals surface area contributed by atoms with E-state index in [4.69, 9.17) is 0 Å². The van der Waals surface area contributed by atoms with E-state index in [9.17, 15) is 4.79 Å². The zero-order valence-corrected chi connectivity index (χ0v) is 6.54. The SMILES string of the molecule is CSC1(C=O)CCCC1. The minimum Gasteiger partial charge on any atom is -0.302 e. The summed E-state index contributed by atoms with van der Waals surface area (Å²) in [7, 11) is 0. The van der Waals surface area contributed by atoms with Gasteiger partial charge in [0.1, 0.15) is 6.29 Å².